The lowest BCUT2D eigenvalue weighted by atomic mass is 10.1. The predicted octanol–water partition coefficient (Wildman–Crippen LogP) is 1.86. The molecule has 0 N–H and O–H groups in total. The number of pyridine rings is 1. The molecule has 0 radical (unpaired) electrons. The zero-order valence-electron chi connectivity index (χ0n) is 19.6. The molecule has 35 heavy (non-hydrogen) atoms. The van der Waals surface area contributed by atoms with E-state index in [9.17, 15) is 4.79 Å². The van der Waals surface area contributed by atoms with Gasteiger partial charge >= 0.3 is 6.09 Å². The lowest BCUT2D eigenvalue weighted by molar-refractivity contribution is -0.172. The normalized spacial score (nSPS) is 19.8. The van der Waals surface area contributed by atoms with Gasteiger partial charge in [-0.05, 0) is 25.1 Å². The number of hydrogen-bond acceptors (Lipinski definition) is 9. The Labute approximate surface area is 202 Å². The zero-order valence-corrected chi connectivity index (χ0v) is 19.6. The Morgan fingerprint density at radius 2 is 1.97 bits per heavy atom. The van der Waals surface area contributed by atoms with Gasteiger partial charge in [0.2, 0.25) is 5.88 Å². The first-order valence-corrected chi connectivity index (χ1v) is 11.9. The fourth-order valence-electron chi connectivity index (χ4n) is 4.36. The summed E-state index contributed by atoms with van der Waals surface area (Å²) in [7, 11) is 0. The van der Waals surface area contributed by atoms with Gasteiger partial charge in [0.1, 0.15) is 5.82 Å². The predicted molar refractivity (Wildman–Crippen MR) is 126 cm³/mol. The molecule has 184 valence electrons. The van der Waals surface area contributed by atoms with E-state index in [2.05, 4.69) is 15.0 Å². The maximum absolute atomic E-state index is 12.5. The van der Waals surface area contributed by atoms with Gasteiger partial charge in [0.15, 0.2) is 11.2 Å². The van der Waals surface area contributed by atoms with E-state index < -0.39 is 5.60 Å². The number of aromatic nitrogens is 4. The second kappa shape index (κ2) is 8.97. The van der Waals surface area contributed by atoms with Crippen LogP contribution in [0.25, 0.3) is 16.8 Å². The number of hydrogen-bond donors (Lipinski definition) is 0. The summed E-state index contributed by atoms with van der Waals surface area (Å²) in [5.41, 5.74) is 1.94. The molecule has 11 heteroatoms. The first-order chi connectivity index (χ1) is 17.1. The fraction of sp³-hybridized carbons (Fsp3) is 0.500. The molecule has 0 aliphatic carbocycles. The molecule has 3 aliphatic heterocycles. The molecule has 6 heterocycles. The number of carbonyl (C=O) groups excluding carboxylic acids is 1. The van der Waals surface area contributed by atoms with Gasteiger partial charge in [-0.3, -0.25) is 0 Å². The average Bonchev–Trinajstić information content (AvgIpc) is 3.25. The van der Waals surface area contributed by atoms with Crippen molar-refractivity contribution in [3.8, 4) is 17.0 Å². The molecule has 0 saturated carbocycles. The van der Waals surface area contributed by atoms with Crippen molar-refractivity contribution in [3.63, 3.8) is 0 Å². The highest BCUT2D eigenvalue weighted by Crippen LogP contribution is 2.32. The van der Waals surface area contributed by atoms with E-state index >= 15 is 0 Å². The molecule has 3 aromatic heterocycles. The van der Waals surface area contributed by atoms with Crippen molar-refractivity contribution in [3.05, 3.63) is 36.8 Å². The van der Waals surface area contributed by atoms with Crippen LogP contribution in [-0.4, -0.2) is 95.4 Å². The third-order valence-corrected chi connectivity index (χ3v) is 6.59. The number of anilines is 1. The standard InChI is InChI=1S/C24H28N6O5/c1-24(15-33-16-24)35-23(31)29-9-7-28(8-10-29)20-4-6-30-21(27-20)19(11-26-30)18-3-2-5-25-22(18)34-14-17-12-32-13-17/h2-6,11,17H,7-10,12-16H2,1H3. The van der Waals surface area contributed by atoms with Crippen LogP contribution >= 0.6 is 0 Å². The Morgan fingerprint density at radius 3 is 2.69 bits per heavy atom. The number of carbonyl (C=O) groups is 1. The number of ether oxygens (including phenoxy) is 4. The van der Waals surface area contributed by atoms with E-state index in [1.807, 2.05) is 31.3 Å². The second-order valence-corrected chi connectivity index (χ2v) is 9.47. The van der Waals surface area contributed by atoms with Crippen LogP contribution in [0.15, 0.2) is 36.8 Å². The summed E-state index contributed by atoms with van der Waals surface area (Å²) in [6.07, 6.45) is 5.14. The van der Waals surface area contributed by atoms with Crippen LogP contribution in [0.4, 0.5) is 10.6 Å². The smallest absolute Gasteiger partial charge is 0.410 e. The molecule has 0 unspecified atom stereocenters. The Balaban J connectivity index is 1.17. The maximum Gasteiger partial charge on any atom is 0.410 e. The van der Waals surface area contributed by atoms with Crippen LogP contribution in [0.3, 0.4) is 0 Å². The van der Waals surface area contributed by atoms with Gasteiger partial charge in [-0.2, -0.15) is 5.10 Å². The SMILES string of the molecule is CC1(OC(=O)N2CCN(c3ccn4ncc(-c5cccnc5OCC5COC5)c4n3)CC2)COC1. The van der Waals surface area contributed by atoms with Crippen LogP contribution in [-0.2, 0) is 14.2 Å². The van der Waals surface area contributed by atoms with E-state index in [1.54, 1.807) is 21.8 Å². The van der Waals surface area contributed by atoms with Crippen LogP contribution in [0, 0.1) is 5.92 Å². The van der Waals surface area contributed by atoms with Crippen molar-refractivity contribution in [2.75, 3.05) is 64.1 Å². The third kappa shape index (κ3) is 4.37. The molecule has 11 nitrogen and oxygen atoms in total. The molecular weight excluding hydrogens is 452 g/mol. The largest absolute Gasteiger partial charge is 0.477 e. The first kappa shape index (κ1) is 22.1. The summed E-state index contributed by atoms with van der Waals surface area (Å²) in [6.45, 7) is 7.29. The fourth-order valence-corrected chi connectivity index (χ4v) is 4.36. The summed E-state index contributed by atoms with van der Waals surface area (Å²) in [4.78, 5) is 25.8. The van der Waals surface area contributed by atoms with Crippen molar-refractivity contribution in [2.45, 2.75) is 12.5 Å². The summed E-state index contributed by atoms with van der Waals surface area (Å²) < 4.78 is 23.8. The molecule has 3 saturated heterocycles. The van der Waals surface area contributed by atoms with Crippen LogP contribution in [0.1, 0.15) is 6.92 Å². The molecule has 3 fully saturated rings. The molecule has 0 atom stereocenters. The van der Waals surface area contributed by atoms with Gasteiger partial charge in [0.05, 0.1) is 44.8 Å². The van der Waals surface area contributed by atoms with Crippen molar-refractivity contribution in [2.24, 2.45) is 5.92 Å². The molecule has 3 aromatic rings. The van der Waals surface area contributed by atoms with E-state index in [0.29, 0.717) is 57.8 Å². The van der Waals surface area contributed by atoms with Gasteiger partial charge in [0.25, 0.3) is 0 Å². The molecule has 6 rings (SSSR count). The van der Waals surface area contributed by atoms with Crippen molar-refractivity contribution >= 4 is 17.6 Å². The Bertz CT molecular complexity index is 1220. The number of piperazine rings is 1. The van der Waals surface area contributed by atoms with Crippen molar-refractivity contribution in [1.29, 1.82) is 0 Å². The second-order valence-electron chi connectivity index (χ2n) is 9.47. The van der Waals surface area contributed by atoms with Crippen LogP contribution in [0.2, 0.25) is 0 Å². The van der Waals surface area contributed by atoms with Gasteiger partial charge in [-0.1, -0.05) is 0 Å². The molecular formula is C24H28N6O5. The minimum absolute atomic E-state index is 0.283. The van der Waals surface area contributed by atoms with Crippen LogP contribution in [0.5, 0.6) is 5.88 Å². The number of fused-ring (bicyclic) bond motifs is 1. The average molecular weight is 481 g/mol. The Morgan fingerprint density at radius 1 is 1.14 bits per heavy atom. The molecule has 0 bridgehead atoms. The maximum atomic E-state index is 12.5. The van der Waals surface area contributed by atoms with Gasteiger partial charge in [-0.25, -0.2) is 19.3 Å². The summed E-state index contributed by atoms with van der Waals surface area (Å²) >= 11 is 0. The number of rotatable bonds is 6. The Kier molecular flexibility index (Phi) is 5.65. The third-order valence-electron chi connectivity index (χ3n) is 6.59. The van der Waals surface area contributed by atoms with Crippen LogP contribution < -0.4 is 9.64 Å². The van der Waals surface area contributed by atoms with Crippen molar-refractivity contribution < 1.29 is 23.7 Å². The minimum atomic E-state index is -0.500. The highest BCUT2D eigenvalue weighted by atomic mass is 16.6. The summed E-state index contributed by atoms with van der Waals surface area (Å²) in [6, 6.07) is 5.81. The molecule has 0 spiro atoms. The summed E-state index contributed by atoms with van der Waals surface area (Å²) in [5.74, 6) is 1.81. The van der Waals surface area contributed by atoms with Gasteiger partial charge < -0.3 is 28.7 Å². The highest BCUT2D eigenvalue weighted by molar-refractivity contribution is 5.80. The van der Waals surface area contributed by atoms with E-state index in [4.69, 9.17) is 23.9 Å². The van der Waals surface area contributed by atoms with Gasteiger partial charge in [0, 0.05) is 50.1 Å². The minimum Gasteiger partial charge on any atom is -0.477 e. The highest BCUT2D eigenvalue weighted by Gasteiger charge is 2.39. The lowest BCUT2D eigenvalue weighted by Crippen LogP contribution is -2.55. The van der Waals surface area contributed by atoms with E-state index in [1.165, 1.54) is 0 Å². The summed E-state index contributed by atoms with van der Waals surface area (Å²) in [5, 5.41) is 4.48. The Hall–Kier alpha value is -3.44. The number of nitrogens with zero attached hydrogens (tertiary/aromatic N) is 6. The lowest BCUT2D eigenvalue weighted by Gasteiger charge is -2.40. The molecule has 0 aromatic carbocycles. The first-order valence-electron chi connectivity index (χ1n) is 11.9. The topological polar surface area (TPSA) is 104 Å². The molecule has 1 amide bonds. The number of amides is 1. The quantitative estimate of drug-likeness (QED) is 0.523. The monoisotopic (exact) mass is 480 g/mol. The molecule has 3 aliphatic rings. The van der Waals surface area contributed by atoms with E-state index in [-0.39, 0.29) is 6.09 Å². The zero-order chi connectivity index (χ0) is 23.8. The van der Waals surface area contributed by atoms with Gasteiger partial charge in [-0.15, -0.1) is 0 Å². The van der Waals surface area contributed by atoms with E-state index in [0.717, 1.165) is 35.8 Å². The van der Waals surface area contributed by atoms with Crippen molar-refractivity contribution in [1.82, 2.24) is 24.5 Å².